The van der Waals surface area contributed by atoms with Gasteiger partial charge in [-0.1, -0.05) is 15.9 Å². The summed E-state index contributed by atoms with van der Waals surface area (Å²) in [5.74, 6) is 0.319. The third-order valence-electron chi connectivity index (χ3n) is 1.92. The molecule has 0 saturated heterocycles. The van der Waals surface area contributed by atoms with Crippen LogP contribution in [0.2, 0.25) is 0 Å². The summed E-state index contributed by atoms with van der Waals surface area (Å²) in [6, 6.07) is 3.31. The van der Waals surface area contributed by atoms with E-state index in [1.54, 1.807) is 26.0 Å². The molecule has 0 radical (unpaired) electrons. The van der Waals surface area contributed by atoms with Crippen LogP contribution in [0.15, 0.2) is 16.6 Å². The quantitative estimate of drug-likeness (QED) is 0.859. The molecule has 0 aromatic heterocycles. The van der Waals surface area contributed by atoms with Gasteiger partial charge in [0.05, 0.1) is 12.7 Å². The van der Waals surface area contributed by atoms with Gasteiger partial charge in [0.15, 0.2) is 11.5 Å². The minimum atomic E-state index is -1.10. The number of aliphatic hydroxyl groups is 1. The predicted molar refractivity (Wildman–Crippen MR) is 57.6 cm³/mol. The number of phenols is 1. The van der Waals surface area contributed by atoms with Crippen molar-refractivity contribution in [2.75, 3.05) is 7.11 Å². The zero-order valence-corrected chi connectivity index (χ0v) is 9.92. The molecule has 4 heteroatoms. The number of methoxy groups -OCH3 is 1. The molecule has 1 rings (SSSR count). The molecule has 0 aliphatic heterocycles. The summed E-state index contributed by atoms with van der Waals surface area (Å²) < 4.78 is 5.72. The number of hydrogen-bond acceptors (Lipinski definition) is 3. The summed E-state index contributed by atoms with van der Waals surface area (Å²) in [6.45, 7) is 3.21. The van der Waals surface area contributed by atoms with E-state index in [0.717, 1.165) is 4.47 Å². The molecule has 0 aliphatic rings. The fourth-order valence-corrected chi connectivity index (χ4v) is 1.63. The van der Waals surface area contributed by atoms with Crippen molar-refractivity contribution in [3.63, 3.8) is 0 Å². The zero-order chi connectivity index (χ0) is 10.9. The molecule has 0 spiro atoms. The van der Waals surface area contributed by atoms with Crippen LogP contribution < -0.4 is 4.74 Å². The van der Waals surface area contributed by atoms with Crippen LogP contribution in [0.3, 0.4) is 0 Å². The molecule has 1 aromatic carbocycles. The highest BCUT2D eigenvalue weighted by atomic mass is 79.9. The molecule has 0 bridgehead atoms. The standard InChI is InChI=1S/C10H13BrO3/c1-10(2,13)7-4-6(11)5-8(14-3)9(7)12/h4-5,12-13H,1-3H3. The summed E-state index contributed by atoms with van der Waals surface area (Å²) >= 11 is 3.28. The first-order valence-corrected chi connectivity index (χ1v) is 4.95. The second-order valence-corrected chi connectivity index (χ2v) is 4.48. The van der Waals surface area contributed by atoms with Crippen LogP contribution >= 0.6 is 15.9 Å². The predicted octanol–water partition coefficient (Wildman–Crippen LogP) is 2.39. The highest BCUT2D eigenvalue weighted by molar-refractivity contribution is 9.10. The Kier molecular flexibility index (Phi) is 3.07. The maximum atomic E-state index is 9.78. The smallest absolute Gasteiger partial charge is 0.163 e. The van der Waals surface area contributed by atoms with Gasteiger partial charge in [-0.05, 0) is 26.0 Å². The van der Waals surface area contributed by atoms with E-state index in [-0.39, 0.29) is 5.75 Å². The number of phenolic OH excluding ortho intramolecular Hbond substituents is 1. The molecule has 0 heterocycles. The molecule has 2 N–H and O–H groups in total. The molecule has 14 heavy (non-hydrogen) atoms. The van der Waals surface area contributed by atoms with E-state index in [1.165, 1.54) is 7.11 Å². The van der Waals surface area contributed by atoms with Crippen LogP contribution in [0.4, 0.5) is 0 Å². The molecule has 3 nitrogen and oxygen atoms in total. The Balaban J connectivity index is 3.37. The fourth-order valence-electron chi connectivity index (χ4n) is 1.20. The average Bonchev–Trinajstić information content (AvgIpc) is 2.06. The van der Waals surface area contributed by atoms with Gasteiger partial charge in [0, 0.05) is 10.0 Å². The molecule has 0 amide bonds. The third-order valence-corrected chi connectivity index (χ3v) is 2.38. The largest absolute Gasteiger partial charge is 0.504 e. The van der Waals surface area contributed by atoms with E-state index in [2.05, 4.69) is 15.9 Å². The molecular formula is C10H13BrO3. The Bertz CT molecular complexity index is 342. The Hall–Kier alpha value is -0.740. The van der Waals surface area contributed by atoms with Gasteiger partial charge in [0.2, 0.25) is 0 Å². The number of halogens is 1. The van der Waals surface area contributed by atoms with E-state index in [1.807, 2.05) is 0 Å². The molecule has 0 atom stereocenters. The number of rotatable bonds is 2. The highest BCUT2D eigenvalue weighted by Crippen LogP contribution is 2.38. The molecule has 1 aromatic rings. The Labute approximate surface area is 91.5 Å². The van der Waals surface area contributed by atoms with Gasteiger partial charge in [-0.3, -0.25) is 0 Å². The maximum absolute atomic E-state index is 9.78. The maximum Gasteiger partial charge on any atom is 0.163 e. The Morgan fingerprint density at radius 3 is 2.36 bits per heavy atom. The Morgan fingerprint density at radius 2 is 1.93 bits per heavy atom. The number of hydrogen-bond donors (Lipinski definition) is 2. The summed E-state index contributed by atoms with van der Waals surface area (Å²) in [6.07, 6.45) is 0. The lowest BCUT2D eigenvalue weighted by atomic mass is 9.97. The summed E-state index contributed by atoms with van der Waals surface area (Å²) in [7, 11) is 1.47. The minimum Gasteiger partial charge on any atom is -0.504 e. The number of benzene rings is 1. The summed E-state index contributed by atoms with van der Waals surface area (Å²) in [4.78, 5) is 0. The van der Waals surface area contributed by atoms with E-state index in [4.69, 9.17) is 4.74 Å². The van der Waals surface area contributed by atoms with Crippen molar-refractivity contribution in [2.24, 2.45) is 0 Å². The van der Waals surface area contributed by atoms with Crippen LogP contribution in [-0.4, -0.2) is 17.3 Å². The van der Waals surface area contributed by atoms with E-state index >= 15 is 0 Å². The molecular weight excluding hydrogens is 248 g/mol. The van der Waals surface area contributed by atoms with Crippen LogP contribution in [0.25, 0.3) is 0 Å². The Morgan fingerprint density at radius 1 is 1.36 bits per heavy atom. The lowest BCUT2D eigenvalue weighted by molar-refractivity contribution is 0.0753. The van der Waals surface area contributed by atoms with Crippen molar-refractivity contribution in [2.45, 2.75) is 19.4 Å². The van der Waals surface area contributed by atoms with Gasteiger partial charge in [0.25, 0.3) is 0 Å². The van der Waals surface area contributed by atoms with Gasteiger partial charge in [-0.25, -0.2) is 0 Å². The normalized spacial score (nSPS) is 11.5. The molecule has 0 unspecified atom stereocenters. The van der Waals surface area contributed by atoms with Crippen molar-refractivity contribution in [1.82, 2.24) is 0 Å². The lowest BCUT2D eigenvalue weighted by Crippen LogP contribution is -2.15. The second kappa shape index (κ2) is 3.79. The number of aromatic hydroxyl groups is 1. The van der Waals surface area contributed by atoms with E-state index in [0.29, 0.717) is 11.3 Å². The van der Waals surface area contributed by atoms with Crippen LogP contribution in [-0.2, 0) is 5.60 Å². The van der Waals surface area contributed by atoms with Crippen LogP contribution in [0.1, 0.15) is 19.4 Å². The molecule has 0 aliphatic carbocycles. The SMILES string of the molecule is COc1cc(Br)cc(C(C)(C)O)c1O. The van der Waals surface area contributed by atoms with Gasteiger partial charge in [-0.15, -0.1) is 0 Å². The average molecular weight is 261 g/mol. The molecule has 0 saturated carbocycles. The second-order valence-electron chi connectivity index (χ2n) is 3.56. The number of ether oxygens (including phenoxy) is 1. The molecule has 0 fully saturated rings. The summed E-state index contributed by atoms with van der Waals surface area (Å²) in [5, 5.41) is 19.5. The topological polar surface area (TPSA) is 49.7 Å². The van der Waals surface area contributed by atoms with E-state index in [9.17, 15) is 10.2 Å². The van der Waals surface area contributed by atoms with Crippen molar-refractivity contribution in [3.8, 4) is 11.5 Å². The van der Waals surface area contributed by atoms with Gasteiger partial charge >= 0.3 is 0 Å². The van der Waals surface area contributed by atoms with Gasteiger partial charge in [0.1, 0.15) is 0 Å². The molecule has 78 valence electrons. The van der Waals surface area contributed by atoms with Gasteiger partial charge in [-0.2, -0.15) is 0 Å². The van der Waals surface area contributed by atoms with Crippen LogP contribution in [0, 0.1) is 0 Å². The monoisotopic (exact) mass is 260 g/mol. The lowest BCUT2D eigenvalue weighted by Gasteiger charge is -2.20. The first-order valence-electron chi connectivity index (χ1n) is 4.15. The van der Waals surface area contributed by atoms with Crippen molar-refractivity contribution in [1.29, 1.82) is 0 Å². The van der Waals surface area contributed by atoms with Crippen molar-refractivity contribution < 1.29 is 14.9 Å². The van der Waals surface area contributed by atoms with Gasteiger partial charge < -0.3 is 14.9 Å². The zero-order valence-electron chi connectivity index (χ0n) is 8.34. The summed E-state index contributed by atoms with van der Waals surface area (Å²) in [5.41, 5.74) is -0.662. The van der Waals surface area contributed by atoms with Crippen molar-refractivity contribution in [3.05, 3.63) is 22.2 Å². The first-order chi connectivity index (χ1) is 6.36. The fraction of sp³-hybridized carbons (Fsp3) is 0.400. The van der Waals surface area contributed by atoms with E-state index < -0.39 is 5.60 Å². The van der Waals surface area contributed by atoms with Crippen molar-refractivity contribution >= 4 is 15.9 Å². The van der Waals surface area contributed by atoms with Crippen LogP contribution in [0.5, 0.6) is 11.5 Å². The highest BCUT2D eigenvalue weighted by Gasteiger charge is 2.23. The minimum absolute atomic E-state index is 0.0248. The third kappa shape index (κ3) is 2.19. The first kappa shape index (κ1) is 11.3.